The van der Waals surface area contributed by atoms with E-state index in [4.69, 9.17) is 0 Å². The van der Waals surface area contributed by atoms with Gasteiger partial charge in [0.15, 0.2) is 0 Å². The van der Waals surface area contributed by atoms with Gasteiger partial charge in [0.05, 0.1) is 5.69 Å². The van der Waals surface area contributed by atoms with E-state index in [1.54, 1.807) is 21.6 Å². The van der Waals surface area contributed by atoms with E-state index in [1.807, 2.05) is 49.9 Å². The molecule has 1 saturated heterocycles. The fourth-order valence-corrected chi connectivity index (χ4v) is 4.56. The summed E-state index contributed by atoms with van der Waals surface area (Å²) in [5, 5.41) is 0. The number of hydrogen-bond donors (Lipinski definition) is 0. The van der Waals surface area contributed by atoms with Crippen molar-refractivity contribution >= 4 is 35.2 Å². The highest BCUT2D eigenvalue weighted by Crippen LogP contribution is 2.34. The number of para-hydroxylation sites is 1. The molecule has 0 N–H and O–H groups in total. The molecule has 1 fully saturated rings. The van der Waals surface area contributed by atoms with E-state index in [1.165, 1.54) is 0 Å². The minimum absolute atomic E-state index is 0.00245. The maximum absolute atomic E-state index is 12.7. The van der Waals surface area contributed by atoms with Crippen molar-refractivity contribution in [3.8, 4) is 0 Å². The van der Waals surface area contributed by atoms with Crippen LogP contribution in [0.1, 0.15) is 33.6 Å². The Hall–Kier alpha value is -2.02. The third-order valence-electron chi connectivity index (χ3n) is 5.14. The number of hydrogen-bond acceptors (Lipinski definition) is 4. The summed E-state index contributed by atoms with van der Waals surface area (Å²) in [5.41, 5.74) is 0.548. The third kappa shape index (κ3) is 4.69. The van der Waals surface area contributed by atoms with E-state index >= 15 is 0 Å². The van der Waals surface area contributed by atoms with Gasteiger partial charge in [0.25, 0.3) is 0 Å². The highest BCUT2D eigenvalue weighted by molar-refractivity contribution is 7.99. The van der Waals surface area contributed by atoms with Crippen LogP contribution in [0.15, 0.2) is 29.2 Å². The lowest BCUT2D eigenvalue weighted by atomic mass is 9.94. The summed E-state index contributed by atoms with van der Waals surface area (Å²) in [6, 6.07) is 7.91. The second kappa shape index (κ2) is 8.55. The van der Waals surface area contributed by atoms with Gasteiger partial charge < -0.3 is 14.7 Å². The van der Waals surface area contributed by atoms with Crippen LogP contribution in [0.4, 0.5) is 5.69 Å². The lowest BCUT2D eigenvalue weighted by Gasteiger charge is -2.37. The molecule has 1 aromatic rings. The first kappa shape index (κ1) is 20.7. The molecular weight excluding hydrogens is 374 g/mol. The molecule has 0 aliphatic carbocycles. The van der Waals surface area contributed by atoms with E-state index in [2.05, 4.69) is 0 Å². The summed E-state index contributed by atoms with van der Waals surface area (Å²) in [4.78, 5) is 44.1. The van der Waals surface area contributed by atoms with Crippen molar-refractivity contribution in [1.29, 1.82) is 0 Å². The average molecular weight is 404 g/mol. The lowest BCUT2D eigenvalue weighted by Crippen LogP contribution is -2.53. The number of thioether (sulfide) groups is 1. The molecule has 0 unspecified atom stereocenters. The van der Waals surface area contributed by atoms with E-state index in [-0.39, 0.29) is 30.6 Å². The van der Waals surface area contributed by atoms with Crippen LogP contribution in [-0.2, 0) is 14.4 Å². The number of carbonyl (C=O) groups excluding carboxylic acids is 3. The second-order valence-electron chi connectivity index (χ2n) is 8.28. The molecule has 0 bridgehead atoms. The molecule has 2 heterocycles. The van der Waals surface area contributed by atoms with Gasteiger partial charge in [-0.15, -0.1) is 11.8 Å². The molecule has 0 aromatic heterocycles. The van der Waals surface area contributed by atoms with Crippen molar-refractivity contribution in [3.05, 3.63) is 24.3 Å². The van der Waals surface area contributed by atoms with Crippen LogP contribution in [-0.4, -0.2) is 66.0 Å². The molecule has 0 spiro atoms. The molecule has 3 rings (SSSR count). The number of amides is 3. The normalized spacial score (nSPS) is 17.3. The van der Waals surface area contributed by atoms with Gasteiger partial charge >= 0.3 is 0 Å². The molecule has 152 valence electrons. The number of benzene rings is 1. The minimum Gasteiger partial charge on any atom is -0.339 e. The molecule has 0 radical (unpaired) electrons. The zero-order chi connectivity index (χ0) is 20.3. The highest BCUT2D eigenvalue weighted by atomic mass is 32.2. The maximum atomic E-state index is 12.7. The Kier molecular flexibility index (Phi) is 6.33. The van der Waals surface area contributed by atoms with Crippen LogP contribution in [0.5, 0.6) is 0 Å². The Morgan fingerprint density at radius 1 is 0.893 bits per heavy atom. The molecular formula is C21H29N3O3S. The van der Waals surface area contributed by atoms with Crippen LogP contribution in [0.25, 0.3) is 0 Å². The summed E-state index contributed by atoms with van der Waals surface area (Å²) in [5.74, 6) is 0.996. The molecule has 6 nitrogen and oxygen atoms in total. The summed E-state index contributed by atoms with van der Waals surface area (Å²) in [7, 11) is 0. The SMILES string of the molecule is CC(C)(C)C(=O)N1CCN(C(=O)CCC(=O)N2CCSc3ccccc32)CC1. The van der Waals surface area contributed by atoms with Gasteiger partial charge in [-0.05, 0) is 12.1 Å². The van der Waals surface area contributed by atoms with Crippen LogP contribution in [0.2, 0.25) is 0 Å². The molecule has 1 aromatic carbocycles. The van der Waals surface area contributed by atoms with Gasteiger partial charge in [0.2, 0.25) is 17.7 Å². The topological polar surface area (TPSA) is 60.9 Å². The van der Waals surface area contributed by atoms with Gasteiger partial charge in [-0.2, -0.15) is 0 Å². The third-order valence-corrected chi connectivity index (χ3v) is 6.19. The van der Waals surface area contributed by atoms with Gasteiger partial charge in [0, 0.05) is 61.6 Å². The summed E-state index contributed by atoms with van der Waals surface area (Å²) in [6.07, 6.45) is 0.441. The standard InChI is InChI=1S/C21H29N3O3S/c1-21(2,3)20(27)23-12-10-22(11-13-23)18(25)8-9-19(26)24-14-15-28-17-7-5-4-6-16(17)24/h4-7H,8-15H2,1-3H3. The molecule has 0 atom stereocenters. The number of nitrogens with zero attached hydrogens (tertiary/aromatic N) is 3. The van der Waals surface area contributed by atoms with Gasteiger partial charge in [0.1, 0.15) is 0 Å². The molecule has 7 heteroatoms. The number of fused-ring (bicyclic) bond motifs is 1. The first-order valence-electron chi connectivity index (χ1n) is 9.87. The van der Waals surface area contributed by atoms with E-state index < -0.39 is 5.41 Å². The van der Waals surface area contributed by atoms with E-state index in [0.717, 1.165) is 16.3 Å². The predicted octanol–water partition coefficient (Wildman–Crippen LogP) is 2.62. The molecule has 3 amide bonds. The molecule has 2 aliphatic rings. The Bertz CT molecular complexity index is 752. The molecule has 2 aliphatic heterocycles. The summed E-state index contributed by atoms with van der Waals surface area (Å²) >= 11 is 1.76. The second-order valence-corrected chi connectivity index (χ2v) is 9.42. The van der Waals surface area contributed by atoms with Crippen molar-refractivity contribution in [3.63, 3.8) is 0 Å². The summed E-state index contributed by atoms with van der Waals surface area (Å²) < 4.78 is 0. The Labute approximate surface area is 171 Å². The fourth-order valence-electron chi connectivity index (χ4n) is 3.57. The van der Waals surface area contributed by atoms with Crippen molar-refractivity contribution in [2.75, 3.05) is 43.4 Å². The van der Waals surface area contributed by atoms with Crippen LogP contribution < -0.4 is 4.90 Å². The number of carbonyl (C=O) groups is 3. The van der Waals surface area contributed by atoms with Crippen molar-refractivity contribution in [2.24, 2.45) is 5.41 Å². The predicted molar refractivity (Wildman–Crippen MR) is 111 cm³/mol. The minimum atomic E-state index is -0.401. The smallest absolute Gasteiger partial charge is 0.228 e. The fraction of sp³-hybridized carbons (Fsp3) is 0.571. The maximum Gasteiger partial charge on any atom is 0.228 e. The zero-order valence-corrected chi connectivity index (χ0v) is 17.8. The van der Waals surface area contributed by atoms with Gasteiger partial charge in [-0.25, -0.2) is 0 Å². The Morgan fingerprint density at radius 2 is 1.50 bits per heavy atom. The molecule has 28 heavy (non-hydrogen) atoms. The Morgan fingerprint density at radius 3 is 2.18 bits per heavy atom. The van der Waals surface area contributed by atoms with E-state index in [0.29, 0.717) is 32.7 Å². The van der Waals surface area contributed by atoms with Crippen LogP contribution in [0, 0.1) is 5.41 Å². The van der Waals surface area contributed by atoms with Gasteiger partial charge in [-0.3, -0.25) is 14.4 Å². The largest absolute Gasteiger partial charge is 0.339 e. The van der Waals surface area contributed by atoms with Crippen molar-refractivity contribution < 1.29 is 14.4 Å². The van der Waals surface area contributed by atoms with E-state index in [9.17, 15) is 14.4 Å². The van der Waals surface area contributed by atoms with Crippen molar-refractivity contribution in [2.45, 2.75) is 38.5 Å². The quantitative estimate of drug-likeness (QED) is 0.778. The van der Waals surface area contributed by atoms with Crippen LogP contribution >= 0.6 is 11.8 Å². The number of rotatable bonds is 3. The average Bonchev–Trinajstić information content (AvgIpc) is 2.70. The summed E-state index contributed by atoms with van der Waals surface area (Å²) in [6.45, 7) is 8.62. The molecule has 0 saturated carbocycles. The van der Waals surface area contributed by atoms with Crippen molar-refractivity contribution in [1.82, 2.24) is 9.80 Å². The monoisotopic (exact) mass is 403 g/mol. The zero-order valence-electron chi connectivity index (χ0n) is 16.9. The first-order valence-corrected chi connectivity index (χ1v) is 10.9. The lowest BCUT2D eigenvalue weighted by molar-refractivity contribution is -0.145. The highest BCUT2D eigenvalue weighted by Gasteiger charge is 2.31. The first-order chi connectivity index (χ1) is 13.3. The van der Waals surface area contributed by atoms with Crippen LogP contribution in [0.3, 0.4) is 0 Å². The number of piperazine rings is 1. The van der Waals surface area contributed by atoms with Gasteiger partial charge in [-0.1, -0.05) is 32.9 Å². The number of anilines is 1. The Balaban J connectivity index is 1.49.